The molecule has 0 bridgehead atoms. The minimum Gasteiger partial charge on any atom is -0.377 e. The van der Waals surface area contributed by atoms with Gasteiger partial charge in [0.25, 0.3) is 0 Å². The maximum absolute atomic E-state index is 13.6. The van der Waals surface area contributed by atoms with E-state index in [-0.39, 0.29) is 16.8 Å². The first kappa shape index (κ1) is 27.7. The summed E-state index contributed by atoms with van der Waals surface area (Å²) in [7, 11) is -0.154. The van der Waals surface area contributed by atoms with Crippen molar-refractivity contribution < 1.29 is 13.2 Å². The standard InChI is InChI=1S/C26H40N6O3S/c1-18(2)19-13-16-32(17-14-19)25(33)22(10-7-15-29-26(27)28)30-36(34,35)24-12-6-8-20-21(24)9-5-11-23(20)31(3)4/h5-6,8-9,11-12,18-19,22,30H,7,10,13-17H2,1-4H3,(H4,27,28,29). The summed E-state index contributed by atoms with van der Waals surface area (Å²) in [6.45, 7) is 6.00. The van der Waals surface area contributed by atoms with Crippen molar-refractivity contribution in [1.29, 1.82) is 0 Å². The zero-order valence-corrected chi connectivity index (χ0v) is 22.6. The van der Waals surface area contributed by atoms with Crippen LogP contribution in [0.3, 0.4) is 0 Å². The average Bonchev–Trinajstić information content (AvgIpc) is 2.84. The van der Waals surface area contributed by atoms with Crippen LogP contribution in [0.2, 0.25) is 0 Å². The number of benzene rings is 2. The average molecular weight is 517 g/mol. The van der Waals surface area contributed by atoms with Gasteiger partial charge in [-0.25, -0.2) is 8.42 Å². The molecule has 9 nitrogen and oxygen atoms in total. The highest BCUT2D eigenvalue weighted by Crippen LogP contribution is 2.31. The maximum Gasteiger partial charge on any atom is 0.241 e. The number of rotatable bonds is 10. The number of nitrogens with two attached hydrogens (primary N) is 2. The molecule has 0 aromatic heterocycles. The van der Waals surface area contributed by atoms with Gasteiger partial charge in [0.2, 0.25) is 15.9 Å². The first-order valence-corrected chi connectivity index (χ1v) is 14.0. The third-order valence-corrected chi connectivity index (χ3v) is 8.50. The van der Waals surface area contributed by atoms with E-state index in [2.05, 4.69) is 23.6 Å². The molecular formula is C26H40N6O3S. The Morgan fingerprint density at radius 3 is 2.36 bits per heavy atom. The summed E-state index contributed by atoms with van der Waals surface area (Å²) in [4.78, 5) is 21.4. The quantitative estimate of drug-likeness (QED) is 0.252. The van der Waals surface area contributed by atoms with Gasteiger partial charge in [0.05, 0.1) is 4.90 Å². The van der Waals surface area contributed by atoms with Crippen LogP contribution in [0, 0.1) is 11.8 Å². The summed E-state index contributed by atoms with van der Waals surface area (Å²) in [5.41, 5.74) is 11.8. The third kappa shape index (κ3) is 6.67. The SMILES string of the molecule is CC(C)C1CCN(C(=O)C(CCCN=C(N)N)NS(=O)(=O)c2cccc3c(N(C)C)cccc23)CC1. The molecule has 1 aliphatic heterocycles. The van der Waals surface area contributed by atoms with Crippen LogP contribution in [-0.4, -0.2) is 65.0 Å². The van der Waals surface area contributed by atoms with Crippen LogP contribution in [0.5, 0.6) is 0 Å². The number of carbonyl (C=O) groups excluding carboxylic acids is 1. The fourth-order valence-corrected chi connectivity index (χ4v) is 6.33. The molecule has 1 unspecified atom stereocenters. The normalized spacial score (nSPS) is 15.8. The lowest BCUT2D eigenvalue weighted by molar-refractivity contribution is -0.134. The Morgan fingerprint density at radius 1 is 1.11 bits per heavy atom. The summed E-state index contributed by atoms with van der Waals surface area (Å²) in [6.07, 6.45) is 2.62. The molecule has 1 saturated heterocycles. The highest BCUT2D eigenvalue weighted by Gasteiger charge is 2.32. The van der Waals surface area contributed by atoms with Crippen molar-refractivity contribution in [2.45, 2.75) is 50.5 Å². The summed E-state index contributed by atoms with van der Waals surface area (Å²) < 4.78 is 30.0. The van der Waals surface area contributed by atoms with Gasteiger partial charge in [-0.3, -0.25) is 9.79 Å². The van der Waals surface area contributed by atoms with Crippen molar-refractivity contribution >= 4 is 38.3 Å². The zero-order chi connectivity index (χ0) is 26.5. The fourth-order valence-electron chi connectivity index (χ4n) is 4.88. The van der Waals surface area contributed by atoms with Gasteiger partial charge in [-0.05, 0) is 49.7 Å². The van der Waals surface area contributed by atoms with Gasteiger partial charge >= 0.3 is 0 Å². The molecular weight excluding hydrogens is 476 g/mol. The molecule has 3 rings (SSSR count). The van der Waals surface area contributed by atoms with Crippen molar-refractivity contribution in [3.63, 3.8) is 0 Å². The number of aliphatic imine (C=N–C) groups is 1. The number of piperidine rings is 1. The number of sulfonamides is 1. The van der Waals surface area contributed by atoms with Crippen molar-refractivity contribution in [2.75, 3.05) is 38.6 Å². The fraction of sp³-hybridized carbons (Fsp3) is 0.538. The van der Waals surface area contributed by atoms with Crippen LogP contribution in [0.25, 0.3) is 10.8 Å². The van der Waals surface area contributed by atoms with Crippen molar-refractivity contribution in [3.8, 4) is 0 Å². The molecule has 0 radical (unpaired) electrons. The molecule has 2 aromatic rings. The lowest BCUT2D eigenvalue weighted by atomic mass is 9.86. The topological polar surface area (TPSA) is 134 Å². The Hall–Kier alpha value is -2.85. The smallest absolute Gasteiger partial charge is 0.241 e. The number of nitrogens with one attached hydrogen (secondary N) is 1. The van der Waals surface area contributed by atoms with E-state index in [1.807, 2.05) is 37.2 Å². The summed E-state index contributed by atoms with van der Waals surface area (Å²) in [6, 6.07) is 9.90. The molecule has 1 atom stereocenters. The van der Waals surface area contributed by atoms with Crippen LogP contribution in [-0.2, 0) is 14.8 Å². The van der Waals surface area contributed by atoms with Gasteiger partial charge in [-0.2, -0.15) is 4.72 Å². The van der Waals surface area contributed by atoms with Gasteiger partial charge in [0, 0.05) is 50.2 Å². The molecule has 2 aromatic carbocycles. The van der Waals surface area contributed by atoms with Crippen molar-refractivity contribution in [3.05, 3.63) is 36.4 Å². The van der Waals surface area contributed by atoms with Crippen LogP contribution in [0.4, 0.5) is 5.69 Å². The van der Waals surface area contributed by atoms with Gasteiger partial charge in [-0.15, -0.1) is 0 Å². The van der Waals surface area contributed by atoms with E-state index in [4.69, 9.17) is 11.5 Å². The highest BCUT2D eigenvalue weighted by molar-refractivity contribution is 7.89. The minimum absolute atomic E-state index is 0.0262. The van der Waals surface area contributed by atoms with Crippen LogP contribution < -0.4 is 21.1 Å². The second kappa shape index (κ2) is 11.9. The first-order chi connectivity index (χ1) is 17.0. The molecule has 36 heavy (non-hydrogen) atoms. The lowest BCUT2D eigenvalue weighted by Gasteiger charge is -2.36. The molecule has 1 amide bonds. The number of hydrogen-bond donors (Lipinski definition) is 3. The molecule has 1 aliphatic rings. The van der Waals surface area contributed by atoms with Crippen LogP contribution >= 0.6 is 0 Å². The van der Waals surface area contributed by atoms with E-state index in [0.717, 1.165) is 23.9 Å². The molecule has 1 heterocycles. The van der Waals surface area contributed by atoms with Gasteiger partial charge in [0.1, 0.15) is 6.04 Å². The Balaban J connectivity index is 1.88. The second-order valence-electron chi connectivity index (χ2n) is 10.1. The predicted octanol–water partition coefficient (Wildman–Crippen LogP) is 2.50. The largest absolute Gasteiger partial charge is 0.377 e. The molecule has 1 fully saturated rings. The van der Waals surface area contributed by atoms with Crippen molar-refractivity contribution in [2.24, 2.45) is 28.3 Å². The third-order valence-electron chi connectivity index (χ3n) is 6.97. The Labute approximate surface area is 215 Å². The van der Waals surface area contributed by atoms with Crippen molar-refractivity contribution in [1.82, 2.24) is 9.62 Å². The monoisotopic (exact) mass is 516 g/mol. The van der Waals surface area contributed by atoms with E-state index in [1.54, 1.807) is 23.1 Å². The second-order valence-corrected chi connectivity index (χ2v) is 11.7. The molecule has 5 N–H and O–H groups in total. The van der Waals surface area contributed by atoms with E-state index >= 15 is 0 Å². The Kier molecular flexibility index (Phi) is 9.19. The summed E-state index contributed by atoms with van der Waals surface area (Å²) in [5, 5.41) is 1.44. The molecule has 0 saturated carbocycles. The summed E-state index contributed by atoms with van der Waals surface area (Å²) >= 11 is 0. The summed E-state index contributed by atoms with van der Waals surface area (Å²) in [5.74, 6) is 0.920. The van der Waals surface area contributed by atoms with E-state index in [0.29, 0.717) is 49.7 Å². The maximum atomic E-state index is 13.6. The zero-order valence-electron chi connectivity index (χ0n) is 21.8. The molecule has 0 spiro atoms. The molecule has 198 valence electrons. The van der Waals surface area contributed by atoms with E-state index in [1.165, 1.54) is 0 Å². The van der Waals surface area contributed by atoms with Gasteiger partial charge in [-0.1, -0.05) is 38.1 Å². The van der Waals surface area contributed by atoms with Crippen LogP contribution in [0.1, 0.15) is 39.5 Å². The number of likely N-dealkylation sites (tertiary alicyclic amines) is 1. The molecule has 10 heteroatoms. The number of carbonyl (C=O) groups is 1. The number of guanidine groups is 1. The van der Waals surface area contributed by atoms with E-state index < -0.39 is 16.1 Å². The number of amides is 1. The highest BCUT2D eigenvalue weighted by atomic mass is 32.2. The van der Waals surface area contributed by atoms with E-state index in [9.17, 15) is 13.2 Å². The number of fused-ring (bicyclic) bond motifs is 1. The Bertz CT molecular complexity index is 1180. The molecule has 0 aliphatic carbocycles. The van der Waals surface area contributed by atoms with Gasteiger partial charge in [0.15, 0.2) is 5.96 Å². The number of anilines is 1. The number of nitrogens with zero attached hydrogens (tertiary/aromatic N) is 3. The predicted molar refractivity (Wildman–Crippen MR) is 146 cm³/mol. The number of hydrogen-bond acceptors (Lipinski definition) is 5. The Morgan fingerprint density at radius 2 is 1.75 bits per heavy atom. The van der Waals surface area contributed by atoms with Gasteiger partial charge < -0.3 is 21.3 Å². The minimum atomic E-state index is -3.99. The first-order valence-electron chi connectivity index (χ1n) is 12.6. The lowest BCUT2D eigenvalue weighted by Crippen LogP contribution is -2.51. The van der Waals surface area contributed by atoms with Crippen LogP contribution in [0.15, 0.2) is 46.3 Å².